The Morgan fingerprint density at radius 1 is 0.528 bits per heavy atom. The number of hydrogen-bond donors (Lipinski definition) is 4. The molecule has 9 nitrogen and oxygen atoms in total. The lowest BCUT2D eigenvalue weighted by atomic mass is 9.99. The predicted octanol–water partition coefficient (Wildman–Crippen LogP) is 9.86. The third-order valence-corrected chi connectivity index (χ3v) is 10.8. The van der Waals surface area contributed by atoms with E-state index in [0.717, 1.165) is 44.9 Å². The molecule has 53 heavy (non-hydrogen) atoms. The van der Waals surface area contributed by atoms with Crippen molar-refractivity contribution in [2.24, 2.45) is 0 Å². The molecule has 9 heteroatoms. The van der Waals surface area contributed by atoms with Gasteiger partial charge in [-0.05, 0) is 12.8 Å². The van der Waals surface area contributed by atoms with Crippen LogP contribution < -0.4 is 0 Å². The quantitative estimate of drug-likeness (QED) is 0.0357. The van der Waals surface area contributed by atoms with Crippen molar-refractivity contribution < 1.29 is 44.2 Å². The van der Waals surface area contributed by atoms with Gasteiger partial charge in [-0.1, -0.05) is 194 Å². The monoisotopic (exact) mass is 759 g/mol. The molecule has 0 bridgehead atoms. The molecular formula is C44H86O9. The molecule has 0 radical (unpaired) electrons. The lowest BCUT2D eigenvalue weighted by molar-refractivity contribution is -0.305. The lowest BCUT2D eigenvalue weighted by Gasteiger charge is -2.39. The van der Waals surface area contributed by atoms with Crippen molar-refractivity contribution in [1.29, 1.82) is 0 Å². The van der Waals surface area contributed by atoms with Crippen molar-refractivity contribution in [3.8, 4) is 0 Å². The fourth-order valence-electron chi connectivity index (χ4n) is 7.20. The number of aliphatic hydroxyl groups excluding tert-OH is 4. The first-order chi connectivity index (χ1) is 25.9. The molecule has 0 amide bonds. The van der Waals surface area contributed by atoms with E-state index >= 15 is 0 Å². The second-order valence-electron chi connectivity index (χ2n) is 15.9. The zero-order valence-electron chi connectivity index (χ0n) is 34.5. The molecule has 1 aliphatic heterocycles. The maximum absolute atomic E-state index is 12.5. The van der Waals surface area contributed by atoms with Crippen molar-refractivity contribution in [3.05, 3.63) is 0 Å². The van der Waals surface area contributed by atoms with Crippen LogP contribution in [0.4, 0.5) is 0 Å². The smallest absolute Gasteiger partial charge is 0.306 e. The maximum Gasteiger partial charge on any atom is 0.306 e. The van der Waals surface area contributed by atoms with E-state index in [2.05, 4.69) is 13.8 Å². The summed E-state index contributed by atoms with van der Waals surface area (Å²) in [5.41, 5.74) is 0. The number of esters is 1. The highest BCUT2D eigenvalue weighted by Gasteiger charge is 2.44. The Kier molecular flexibility index (Phi) is 34.9. The topological polar surface area (TPSA) is 135 Å². The number of carbonyl (C=O) groups excluding carboxylic acids is 1. The summed E-state index contributed by atoms with van der Waals surface area (Å²) in [6, 6.07) is 0. The van der Waals surface area contributed by atoms with Crippen molar-refractivity contribution in [2.75, 3.05) is 26.4 Å². The molecule has 6 unspecified atom stereocenters. The van der Waals surface area contributed by atoms with E-state index < -0.39 is 43.4 Å². The Hall–Kier alpha value is -0.810. The van der Waals surface area contributed by atoms with Crippen LogP contribution in [0, 0.1) is 0 Å². The second-order valence-corrected chi connectivity index (χ2v) is 15.9. The van der Waals surface area contributed by atoms with Gasteiger partial charge in [0.25, 0.3) is 0 Å². The van der Waals surface area contributed by atoms with Gasteiger partial charge in [0.05, 0.1) is 19.8 Å². The largest absolute Gasteiger partial charge is 0.457 e. The van der Waals surface area contributed by atoms with Gasteiger partial charge in [0.1, 0.15) is 30.5 Å². The zero-order valence-corrected chi connectivity index (χ0v) is 34.5. The van der Waals surface area contributed by atoms with Crippen molar-refractivity contribution >= 4 is 5.97 Å². The summed E-state index contributed by atoms with van der Waals surface area (Å²) in [5.74, 6) is -0.322. The summed E-state index contributed by atoms with van der Waals surface area (Å²) in [4.78, 5) is 12.5. The molecule has 1 aliphatic rings. The number of unbranched alkanes of at least 4 members (excludes halogenated alkanes) is 28. The minimum atomic E-state index is -1.53. The van der Waals surface area contributed by atoms with Gasteiger partial charge in [-0.15, -0.1) is 0 Å². The average Bonchev–Trinajstić information content (AvgIpc) is 3.16. The van der Waals surface area contributed by atoms with Crippen molar-refractivity contribution in [2.45, 2.75) is 250 Å². The normalized spacial score (nSPS) is 20.9. The first kappa shape index (κ1) is 50.2. The van der Waals surface area contributed by atoms with Gasteiger partial charge < -0.3 is 39.4 Å². The molecule has 6 atom stereocenters. The molecule has 4 N–H and O–H groups in total. The molecular weight excluding hydrogens is 672 g/mol. The standard InChI is InChI=1S/C44H86O9/c1-3-5-7-9-10-11-12-13-14-15-16-17-18-19-20-21-22-23-24-25-26-27-28-30-32-34-50-36-38(52-40(46)33-31-29-8-6-4-2)37-51-44-43(49)42(48)41(47)39(35-45)53-44/h38-39,41-45,47-49H,3-37H2,1-2H3. The van der Waals surface area contributed by atoms with E-state index in [4.69, 9.17) is 18.9 Å². The number of ether oxygens (including phenoxy) is 4. The highest BCUT2D eigenvalue weighted by molar-refractivity contribution is 5.69. The second kappa shape index (κ2) is 36.8. The Morgan fingerprint density at radius 3 is 1.34 bits per heavy atom. The summed E-state index contributed by atoms with van der Waals surface area (Å²) < 4.78 is 22.6. The van der Waals surface area contributed by atoms with Gasteiger partial charge in [0.2, 0.25) is 0 Å². The summed E-state index contributed by atoms with van der Waals surface area (Å²) in [7, 11) is 0. The van der Waals surface area contributed by atoms with Crippen LogP contribution in [-0.4, -0.2) is 89.6 Å². The SMILES string of the molecule is CCCCCCCCCCCCCCCCCCCCCCCCCCCOCC(COC1OC(CO)C(O)C(O)C1O)OC(=O)CCCCCCC. The fourth-order valence-corrected chi connectivity index (χ4v) is 7.20. The molecule has 0 aromatic carbocycles. The van der Waals surface area contributed by atoms with E-state index in [1.54, 1.807) is 0 Å². The van der Waals surface area contributed by atoms with Gasteiger partial charge in [-0.3, -0.25) is 4.79 Å². The van der Waals surface area contributed by atoms with Crippen LogP contribution in [0.1, 0.15) is 213 Å². The first-order valence-electron chi connectivity index (χ1n) is 22.6. The van der Waals surface area contributed by atoms with Crippen molar-refractivity contribution in [1.82, 2.24) is 0 Å². The Morgan fingerprint density at radius 2 is 0.925 bits per heavy atom. The molecule has 1 fully saturated rings. The summed E-state index contributed by atoms with van der Waals surface area (Å²) in [6.45, 7) is 4.51. The molecule has 1 heterocycles. The highest BCUT2D eigenvalue weighted by atomic mass is 16.7. The molecule has 1 saturated heterocycles. The van der Waals surface area contributed by atoms with Gasteiger partial charge in [-0.2, -0.15) is 0 Å². The number of aliphatic hydroxyl groups is 4. The Bertz CT molecular complexity index is 782. The van der Waals surface area contributed by atoms with Crippen LogP contribution >= 0.6 is 0 Å². The fraction of sp³-hybridized carbons (Fsp3) is 0.977. The lowest BCUT2D eigenvalue weighted by Crippen LogP contribution is -2.59. The van der Waals surface area contributed by atoms with E-state index in [1.807, 2.05) is 0 Å². The molecule has 0 aliphatic carbocycles. The summed E-state index contributed by atoms with van der Waals surface area (Å²) in [5, 5.41) is 39.9. The molecule has 0 spiro atoms. The van der Waals surface area contributed by atoms with Gasteiger partial charge in [0.15, 0.2) is 6.29 Å². The third kappa shape index (κ3) is 28.3. The van der Waals surface area contributed by atoms with E-state index in [9.17, 15) is 25.2 Å². The van der Waals surface area contributed by atoms with Crippen molar-refractivity contribution in [3.63, 3.8) is 0 Å². The minimum Gasteiger partial charge on any atom is -0.457 e. The number of hydrogen-bond acceptors (Lipinski definition) is 9. The summed E-state index contributed by atoms with van der Waals surface area (Å²) in [6.07, 6.45) is 32.0. The number of rotatable bonds is 39. The predicted molar refractivity (Wildman–Crippen MR) is 215 cm³/mol. The van der Waals surface area contributed by atoms with Crippen LogP contribution in [0.15, 0.2) is 0 Å². The highest BCUT2D eigenvalue weighted by Crippen LogP contribution is 2.23. The molecule has 0 saturated carbocycles. The van der Waals surface area contributed by atoms with Gasteiger partial charge in [0, 0.05) is 13.0 Å². The minimum absolute atomic E-state index is 0.107. The molecule has 316 valence electrons. The molecule has 0 aromatic rings. The van der Waals surface area contributed by atoms with Crippen LogP contribution in [0.3, 0.4) is 0 Å². The van der Waals surface area contributed by atoms with Gasteiger partial charge >= 0.3 is 5.97 Å². The third-order valence-electron chi connectivity index (χ3n) is 10.8. The maximum atomic E-state index is 12.5. The Labute approximate surface area is 325 Å². The Balaban J connectivity index is 2.04. The van der Waals surface area contributed by atoms with Crippen LogP contribution in [0.5, 0.6) is 0 Å². The van der Waals surface area contributed by atoms with Gasteiger partial charge in [-0.25, -0.2) is 0 Å². The molecule has 1 rings (SSSR count). The van der Waals surface area contributed by atoms with Crippen LogP contribution in [-0.2, 0) is 23.7 Å². The van der Waals surface area contributed by atoms with E-state index in [-0.39, 0.29) is 19.2 Å². The van der Waals surface area contributed by atoms with Crippen LogP contribution in [0.2, 0.25) is 0 Å². The first-order valence-corrected chi connectivity index (χ1v) is 22.6. The van der Waals surface area contributed by atoms with E-state index in [1.165, 1.54) is 148 Å². The summed E-state index contributed by atoms with van der Waals surface area (Å²) >= 11 is 0. The van der Waals surface area contributed by atoms with E-state index in [0.29, 0.717) is 13.0 Å². The van der Waals surface area contributed by atoms with Crippen LogP contribution in [0.25, 0.3) is 0 Å². The number of carbonyl (C=O) groups is 1. The average molecular weight is 759 g/mol. The zero-order chi connectivity index (χ0) is 38.6. The molecule has 0 aromatic heterocycles.